The summed E-state index contributed by atoms with van der Waals surface area (Å²) in [5, 5.41) is 4.98. The van der Waals surface area contributed by atoms with E-state index in [9.17, 15) is 19.2 Å². The van der Waals surface area contributed by atoms with Crippen LogP contribution in [0.3, 0.4) is 0 Å². The van der Waals surface area contributed by atoms with Crippen LogP contribution < -0.4 is 20.3 Å². The molecule has 1 unspecified atom stereocenters. The van der Waals surface area contributed by atoms with E-state index in [4.69, 9.17) is 4.74 Å². The first-order valence-electron chi connectivity index (χ1n) is 13.1. The molecule has 210 valence electrons. The molecule has 42 heavy (non-hydrogen) atoms. The quantitative estimate of drug-likeness (QED) is 0.200. The lowest BCUT2D eigenvalue weighted by Gasteiger charge is -2.15. The van der Waals surface area contributed by atoms with Gasteiger partial charge in [0.1, 0.15) is 11.4 Å². The zero-order valence-corrected chi connectivity index (χ0v) is 23.5. The lowest BCUT2D eigenvalue weighted by atomic mass is 10.1. The minimum absolute atomic E-state index is 0.0854. The second-order valence-corrected chi connectivity index (χ2v) is 10.6. The van der Waals surface area contributed by atoms with Crippen LogP contribution in [0.5, 0.6) is 5.75 Å². The van der Waals surface area contributed by atoms with Gasteiger partial charge in [0, 0.05) is 22.6 Å². The smallest absolute Gasteiger partial charge is 0.272 e. The van der Waals surface area contributed by atoms with Gasteiger partial charge >= 0.3 is 0 Å². The molecule has 9 heteroatoms. The van der Waals surface area contributed by atoms with Crippen LogP contribution in [0.2, 0.25) is 0 Å². The molecule has 0 spiro atoms. The summed E-state index contributed by atoms with van der Waals surface area (Å²) < 4.78 is 5.15. The highest BCUT2D eigenvalue weighted by Crippen LogP contribution is 2.35. The van der Waals surface area contributed by atoms with Crippen molar-refractivity contribution in [2.75, 3.05) is 17.3 Å². The minimum Gasteiger partial charge on any atom is -0.497 e. The molecule has 1 saturated heterocycles. The van der Waals surface area contributed by atoms with Gasteiger partial charge in [-0.3, -0.25) is 19.2 Å². The standard InChI is InChI=1S/C33H27N3O5S/c1-41-26-16-14-25(15-17-26)36-30(37)21-29(33(36)40)42-27-18-12-24(13-19-27)34-32(39)28(20-22-8-4-2-5-9-22)35-31(38)23-10-6-3-7-11-23/h2-20,29H,21H2,1H3,(H,34,39)(H,35,38)/b28-20-. The van der Waals surface area contributed by atoms with Crippen molar-refractivity contribution in [3.63, 3.8) is 0 Å². The van der Waals surface area contributed by atoms with Gasteiger partial charge in [0.2, 0.25) is 11.8 Å². The van der Waals surface area contributed by atoms with Gasteiger partial charge in [0.15, 0.2) is 0 Å². The Labute approximate surface area is 247 Å². The van der Waals surface area contributed by atoms with Crippen molar-refractivity contribution in [2.24, 2.45) is 0 Å². The van der Waals surface area contributed by atoms with E-state index in [2.05, 4.69) is 10.6 Å². The second-order valence-electron chi connectivity index (χ2n) is 9.34. The van der Waals surface area contributed by atoms with Crippen molar-refractivity contribution in [3.8, 4) is 5.75 Å². The van der Waals surface area contributed by atoms with Crippen LogP contribution in [0, 0.1) is 0 Å². The monoisotopic (exact) mass is 577 g/mol. The second kappa shape index (κ2) is 13.0. The van der Waals surface area contributed by atoms with Crippen LogP contribution in [0.15, 0.2) is 120 Å². The predicted octanol–water partition coefficient (Wildman–Crippen LogP) is 5.53. The maximum absolute atomic E-state index is 13.2. The van der Waals surface area contributed by atoms with Crippen LogP contribution in [-0.2, 0) is 14.4 Å². The molecule has 0 aromatic heterocycles. The number of hydrogen-bond donors (Lipinski definition) is 2. The summed E-state index contributed by atoms with van der Waals surface area (Å²) in [6, 6.07) is 31.6. The normalized spacial score (nSPS) is 14.9. The molecule has 2 N–H and O–H groups in total. The number of methoxy groups -OCH3 is 1. The predicted molar refractivity (Wildman–Crippen MR) is 163 cm³/mol. The Balaban J connectivity index is 1.26. The zero-order chi connectivity index (χ0) is 29.5. The van der Waals surface area contributed by atoms with Crippen molar-refractivity contribution in [1.29, 1.82) is 0 Å². The molecule has 0 radical (unpaired) electrons. The van der Waals surface area contributed by atoms with Gasteiger partial charge in [0.05, 0.1) is 18.0 Å². The van der Waals surface area contributed by atoms with Gasteiger partial charge in [0.25, 0.3) is 11.8 Å². The molecular weight excluding hydrogens is 550 g/mol. The molecule has 0 bridgehead atoms. The molecule has 4 amide bonds. The topological polar surface area (TPSA) is 105 Å². The Hall–Kier alpha value is -5.15. The number of nitrogens with zero attached hydrogens (tertiary/aromatic N) is 1. The summed E-state index contributed by atoms with van der Waals surface area (Å²) in [5.41, 5.74) is 2.28. The van der Waals surface area contributed by atoms with Crippen LogP contribution in [0.4, 0.5) is 11.4 Å². The highest BCUT2D eigenvalue weighted by Gasteiger charge is 2.40. The number of amides is 4. The van der Waals surface area contributed by atoms with E-state index in [0.29, 0.717) is 22.7 Å². The molecule has 5 rings (SSSR count). The number of hydrogen-bond acceptors (Lipinski definition) is 6. The molecule has 0 saturated carbocycles. The summed E-state index contributed by atoms with van der Waals surface area (Å²) in [4.78, 5) is 53.7. The lowest BCUT2D eigenvalue weighted by Crippen LogP contribution is -2.31. The van der Waals surface area contributed by atoms with Crippen molar-refractivity contribution >= 4 is 52.8 Å². The summed E-state index contributed by atoms with van der Waals surface area (Å²) in [6.07, 6.45) is 1.69. The zero-order valence-electron chi connectivity index (χ0n) is 22.7. The first-order chi connectivity index (χ1) is 20.4. The maximum Gasteiger partial charge on any atom is 0.272 e. The Bertz CT molecular complexity index is 1620. The molecule has 1 atom stereocenters. The highest BCUT2D eigenvalue weighted by atomic mass is 32.2. The van der Waals surface area contributed by atoms with Gasteiger partial charge < -0.3 is 15.4 Å². The van der Waals surface area contributed by atoms with Crippen LogP contribution in [0.1, 0.15) is 22.3 Å². The average Bonchev–Trinajstić information content (AvgIpc) is 3.30. The Morgan fingerprint density at radius 3 is 2.14 bits per heavy atom. The minimum atomic E-state index is -0.561. The van der Waals surface area contributed by atoms with E-state index >= 15 is 0 Å². The van der Waals surface area contributed by atoms with E-state index in [-0.39, 0.29) is 23.9 Å². The fraction of sp³-hybridized carbons (Fsp3) is 0.0909. The van der Waals surface area contributed by atoms with E-state index in [1.54, 1.807) is 86.0 Å². The third-order valence-electron chi connectivity index (χ3n) is 6.47. The fourth-order valence-corrected chi connectivity index (χ4v) is 5.39. The molecule has 1 heterocycles. The summed E-state index contributed by atoms with van der Waals surface area (Å²) in [5.74, 6) is -0.800. The van der Waals surface area contributed by atoms with Gasteiger partial charge in [-0.2, -0.15) is 0 Å². The van der Waals surface area contributed by atoms with E-state index < -0.39 is 17.1 Å². The van der Waals surface area contributed by atoms with Crippen LogP contribution >= 0.6 is 11.8 Å². The number of imide groups is 1. The maximum atomic E-state index is 13.2. The van der Waals surface area contributed by atoms with Gasteiger partial charge in [-0.25, -0.2) is 4.90 Å². The number of carbonyl (C=O) groups excluding carboxylic acids is 4. The molecule has 8 nitrogen and oxygen atoms in total. The number of benzene rings is 4. The number of carbonyl (C=O) groups is 4. The fourth-order valence-electron chi connectivity index (χ4n) is 4.34. The first-order valence-corrected chi connectivity index (χ1v) is 14.0. The van der Waals surface area contributed by atoms with E-state index in [1.165, 1.54) is 16.7 Å². The Morgan fingerprint density at radius 2 is 1.50 bits per heavy atom. The summed E-state index contributed by atoms with van der Waals surface area (Å²) in [6.45, 7) is 0. The lowest BCUT2D eigenvalue weighted by molar-refractivity contribution is -0.121. The van der Waals surface area contributed by atoms with Crippen LogP contribution in [-0.4, -0.2) is 36.0 Å². The molecular formula is C33H27N3O5S. The van der Waals surface area contributed by atoms with E-state index in [0.717, 1.165) is 10.5 Å². The van der Waals surface area contributed by atoms with Gasteiger partial charge in [-0.05, 0) is 72.3 Å². The summed E-state index contributed by atoms with van der Waals surface area (Å²) in [7, 11) is 1.55. The van der Waals surface area contributed by atoms with Crippen LogP contribution in [0.25, 0.3) is 6.08 Å². The third kappa shape index (κ3) is 6.76. The molecule has 1 aliphatic heterocycles. The van der Waals surface area contributed by atoms with Crippen molar-refractivity contribution in [1.82, 2.24) is 5.32 Å². The highest BCUT2D eigenvalue weighted by molar-refractivity contribution is 8.00. The average molecular weight is 578 g/mol. The first kappa shape index (κ1) is 28.4. The third-order valence-corrected chi connectivity index (χ3v) is 7.66. The van der Waals surface area contributed by atoms with Crippen molar-refractivity contribution < 1.29 is 23.9 Å². The molecule has 0 aliphatic carbocycles. The Morgan fingerprint density at radius 1 is 0.857 bits per heavy atom. The van der Waals surface area contributed by atoms with Crippen molar-refractivity contribution in [3.05, 3.63) is 126 Å². The van der Waals surface area contributed by atoms with Gasteiger partial charge in [-0.15, -0.1) is 11.8 Å². The molecule has 1 fully saturated rings. The Kier molecular flexibility index (Phi) is 8.79. The number of ether oxygens (including phenoxy) is 1. The largest absolute Gasteiger partial charge is 0.497 e. The molecule has 1 aliphatic rings. The number of rotatable bonds is 9. The summed E-state index contributed by atoms with van der Waals surface area (Å²) >= 11 is 1.29. The van der Waals surface area contributed by atoms with E-state index in [1.807, 2.05) is 36.4 Å². The molecule has 4 aromatic carbocycles. The number of nitrogens with one attached hydrogen (secondary N) is 2. The van der Waals surface area contributed by atoms with Gasteiger partial charge in [-0.1, -0.05) is 48.5 Å². The molecule has 4 aromatic rings. The number of thioether (sulfide) groups is 1. The van der Waals surface area contributed by atoms with Crippen molar-refractivity contribution in [2.45, 2.75) is 16.6 Å². The number of anilines is 2. The SMILES string of the molecule is COc1ccc(N2C(=O)CC(Sc3ccc(NC(=O)/C(=C/c4ccccc4)NC(=O)c4ccccc4)cc3)C2=O)cc1.